The molecule has 0 radical (unpaired) electrons. The number of benzene rings is 7. The lowest BCUT2D eigenvalue weighted by Crippen LogP contribution is -1.99. The van der Waals surface area contributed by atoms with Crippen LogP contribution in [0.1, 0.15) is 0 Å². The number of para-hydroxylation sites is 2. The highest BCUT2D eigenvalue weighted by atomic mass is 15.0. The third-order valence-electron chi connectivity index (χ3n) is 8.26. The molecule has 0 aliphatic carbocycles. The summed E-state index contributed by atoms with van der Waals surface area (Å²) in [6.45, 7) is 0. The maximum atomic E-state index is 2.43. The summed E-state index contributed by atoms with van der Waals surface area (Å²) in [7, 11) is 0. The predicted molar refractivity (Wildman–Crippen MR) is 161 cm³/mol. The van der Waals surface area contributed by atoms with Gasteiger partial charge in [-0.1, -0.05) is 97.1 Å². The third-order valence-corrected chi connectivity index (χ3v) is 8.26. The Labute approximate surface area is 218 Å². The Morgan fingerprint density at radius 3 is 1.95 bits per heavy atom. The smallest absolute Gasteiger partial charge is 0.0788 e. The molecule has 2 heteroatoms. The number of hydrogen-bond acceptors (Lipinski definition) is 0. The SMILES string of the molecule is c1ccc(-n2c3ccccc3c3ccc4ccn(-c5ccc6ccc7cccc8ccc5c6c78)c4c32)cc1. The first-order valence-corrected chi connectivity index (χ1v) is 13.1. The van der Waals surface area contributed by atoms with Crippen LogP contribution in [-0.4, -0.2) is 9.13 Å². The molecular formula is C36H22N2. The average molecular weight is 483 g/mol. The second-order valence-corrected chi connectivity index (χ2v) is 10.2. The van der Waals surface area contributed by atoms with Crippen molar-refractivity contribution in [3.63, 3.8) is 0 Å². The highest BCUT2D eigenvalue weighted by molar-refractivity contribution is 6.25. The lowest BCUT2D eigenvalue weighted by atomic mass is 9.93. The summed E-state index contributed by atoms with van der Waals surface area (Å²) in [5.74, 6) is 0. The van der Waals surface area contributed by atoms with Crippen molar-refractivity contribution < 1.29 is 0 Å². The van der Waals surface area contributed by atoms with Gasteiger partial charge in [0.15, 0.2) is 0 Å². The summed E-state index contributed by atoms with van der Waals surface area (Å²) < 4.78 is 4.83. The number of hydrogen-bond donors (Lipinski definition) is 0. The van der Waals surface area contributed by atoms with E-state index in [4.69, 9.17) is 0 Å². The normalized spacial score (nSPS) is 12.2. The van der Waals surface area contributed by atoms with Crippen LogP contribution in [0, 0.1) is 0 Å². The monoisotopic (exact) mass is 482 g/mol. The molecule has 0 fully saturated rings. The van der Waals surface area contributed by atoms with Crippen molar-refractivity contribution in [3.05, 3.63) is 134 Å². The quantitative estimate of drug-likeness (QED) is 0.217. The number of aromatic nitrogens is 2. The fourth-order valence-corrected chi connectivity index (χ4v) is 6.65. The van der Waals surface area contributed by atoms with E-state index < -0.39 is 0 Å². The lowest BCUT2D eigenvalue weighted by Gasteiger charge is -2.16. The fraction of sp³-hybridized carbons (Fsp3) is 0. The van der Waals surface area contributed by atoms with Crippen molar-refractivity contribution in [3.8, 4) is 11.4 Å². The van der Waals surface area contributed by atoms with Crippen LogP contribution < -0.4 is 0 Å². The third kappa shape index (κ3) is 2.51. The van der Waals surface area contributed by atoms with E-state index in [-0.39, 0.29) is 0 Å². The first kappa shape index (κ1) is 20.0. The average Bonchev–Trinajstić information content (AvgIpc) is 3.55. The van der Waals surface area contributed by atoms with Crippen LogP contribution in [0.25, 0.3) is 76.4 Å². The highest BCUT2D eigenvalue weighted by Crippen LogP contribution is 2.41. The highest BCUT2D eigenvalue weighted by Gasteiger charge is 2.19. The minimum atomic E-state index is 1.18. The van der Waals surface area contributed by atoms with Crippen molar-refractivity contribution in [2.45, 2.75) is 0 Å². The van der Waals surface area contributed by atoms with E-state index in [9.17, 15) is 0 Å². The Morgan fingerprint density at radius 2 is 1.08 bits per heavy atom. The van der Waals surface area contributed by atoms with Gasteiger partial charge in [-0.05, 0) is 57.3 Å². The van der Waals surface area contributed by atoms with Gasteiger partial charge < -0.3 is 9.13 Å². The summed E-state index contributed by atoms with van der Waals surface area (Å²) in [4.78, 5) is 0. The zero-order valence-corrected chi connectivity index (χ0v) is 20.6. The summed E-state index contributed by atoms with van der Waals surface area (Å²) in [5, 5.41) is 11.6. The van der Waals surface area contributed by atoms with Crippen LogP contribution in [0.4, 0.5) is 0 Å². The molecule has 38 heavy (non-hydrogen) atoms. The molecule has 0 aliphatic rings. The van der Waals surface area contributed by atoms with E-state index >= 15 is 0 Å². The molecule has 0 unspecified atom stereocenters. The minimum Gasteiger partial charge on any atom is -0.314 e. The topological polar surface area (TPSA) is 9.86 Å². The van der Waals surface area contributed by atoms with Gasteiger partial charge in [0.1, 0.15) is 0 Å². The number of fused-ring (bicyclic) bond motifs is 5. The molecule has 9 rings (SSSR count). The van der Waals surface area contributed by atoms with E-state index in [0.717, 1.165) is 0 Å². The number of nitrogens with zero attached hydrogens (tertiary/aromatic N) is 2. The standard InChI is InChI=1S/C36H22N2/c1-2-9-27(10-3-1)38-32-12-5-4-11-28(32)29-18-16-26-21-22-37(35(26)36(29)38)31-20-17-25-14-13-23-7-6-8-24-15-19-30(31)34(25)33(23)24/h1-22H. The number of rotatable bonds is 2. The van der Waals surface area contributed by atoms with Crippen molar-refractivity contribution >= 4 is 65.0 Å². The van der Waals surface area contributed by atoms with Gasteiger partial charge >= 0.3 is 0 Å². The molecule has 9 aromatic rings. The van der Waals surface area contributed by atoms with Gasteiger partial charge in [0, 0.05) is 33.4 Å². The molecule has 0 atom stereocenters. The van der Waals surface area contributed by atoms with Crippen molar-refractivity contribution in [2.24, 2.45) is 0 Å². The summed E-state index contributed by atoms with van der Waals surface area (Å²) >= 11 is 0. The van der Waals surface area contributed by atoms with Crippen molar-refractivity contribution in [2.75, 3.05) is 0 Å². The van der Waals surface area contributed by atoms with Crippen LogP contribution in [-0.2, 0) is 0 Å². The largest absolute Gasteiger partial charge is 0.314 e. The molecule has 7 aromatic carbocycles. The molecule has 2 aromatic heterocycles. The lowest BCUT2D eigenvalue weighted by molar-refractivity contribution is 1.13. The van der Waals surface area contributed by atoms with Gasteiger partial charge in [-0.3, -0.25) is 0 Å². The molecule has 0 N–H and O–H groups in total. The van der Waals surface area contributed by atoms with Crippen LogP contribution in [0.2, 0.25) is 0 Å². The van der Waals surface area contributed by atoms with Gasteiger partial charge in [-0.15, -0.1) is 0 Å². The summed E-state index contributed by atoms with van der Waals surface area (Å²) in [6.07, 6.45) is 2.24. The van der Waals surface area contributed by atoms with Gasteiger partial charge in [0.2, 0.25) is 0 Å². The second kappa shape index (κ2) is 7.24. The summed E-state index contributed by atoms with van der Waals surface area (Å²) in [6, 6.07) is 46.5. The molecular weight excluding hydrogens is 460 g/mol. The Hall–Kier alpha value is -5.08. The molecule has 0 saturated carbocycles. The van der Waals surface area contributed by atoms with Crippen LogP contribution in [0.15, 0.2) is 134 Å². The van der Waals surface area contributed by atoms with Crippen molar-refractivity contribution in [1.29, 1.82) is 0 Å². The fourth-order valence-electron chi connectivity index (χ4n) is 6.65. The molecule has 0 aliphatic heterocycles. The van der Waals surface area contributed by atoms with Crippen LogP contribution in [0.5, 0.6) is 0 Å². The first-order chi connectivity index (χ1) is 18.9. The van der Waals surface area contributed by atoms with E-state index in [0.29, 0.717) is 0 Å². The first-order valence-electron chi connectivity index (χ1n) is 13.1. The minimum absolute atomic E-state index is 1.18. The second-order valence-electron chi connectivity index (χ2n) is 10.2. The van der Waals surface area contributed by atoms with E-state index in [1.165, 1.54) is 76.4 Å². The molecule has 0 bridgehead atoms. The zero-order chi connectivity index (χ0) is 24.8. The van der Waals surface area contributed by atoms with Gasteiger partial charge in [0.05, 0.1) is 22.2 Å². The molecule has 0 saturated heterocycles. The molecule has 0 spiro atoms. The molecule has 2 nitrogen and oxygen atoms in total. The van der Waals surface area contributed by atoms with Gasteiger partial charge in [0.25, 0.3) is 0 Å². The van der Waals surface area contributed by atoms with E-state index in [2.05, 4.69) is 143 Å². The van der Waals surface area contributed by atoms with Crippen LogP contribution >= 0.6 is 0 Å². The van der Waals surface area contributed by atoms with Crippen LogP contribution in [0.3, 0.4) is 0 Å². The Balaban J connectivity index is 1.47. The summed E-state index contributed by atoms with van der Waals surface area (Å²) in [5.41, 5.74) is 6.09. The maximum absolute atomic E-state index is 2.43. The Morgan fingerprint density at radius 1 is 0.395 bits per heavy atom. The molecule has 176 valence electrons. The molecule has 0 amide bonds. The van der Waals surface area contributed by atoms with E-state index in [1.807, 2.05) is 0 Å². The predicted octanol–water partition coefficient (Wildman–Crippen LogP) is 9.62. The molecule has 2 heterocycles. The van der Waals surface area contributed by atoms with Gasteiger partial charge in [-0.2, -0.15) is 0 Å². The maximum Gasteiger partial charge on any atom is 0.0788 e. The van der Waals surface area contributed by atoms with Crippen molar-refractivity contribution in [1.82, 2.24) is 9.13 Å². The Bertz CT molecular complexity index is 2320. The van der Waals surface area contributed by atoms with Gasteiger partial charge in [-0.25, -0.2) is 0 Å². The Kier molecular flexibility index (Phi) is 3.82. The zero-order valence-electron chi connectivity index (χ0n) is 20.6. The van der Waals surface area contributed by atoms with E-state index in [1.54, 1.807) is 0 Å².